The number of nitrogens with zero attached hydrogens (tertiary/aromatic N) is 1. The molecule has 2 N–H and O–H groups in total. The summed E-state index contributed by atoms with van der Waals surface area (Å²) >= 11 is 0. The highest BCUT2D eigenvalue weighted by Crippen LogP contribution is 2.33. The molecule has 0 aliphatic rings. The molecule has 0 spiro atoms. The van der Waals surface area contributed by atoms with Gasteiger partial charge in [0.2, 0.25) is 0 Å². The normalized spacial score (nSPS) is 12.7. The van der Waals surface area contributed by atoms with Gasteiger partial charge >= 0.3 is 6.18 Å². The molecule has 4 aromatic rings. The van der Waals surface area contributed by atoms with E-state index in [9.17, 15) is 18.0 Å². The summed E-state index contributed by atoms with van der Waals surface area (Å²) in [5, 5.41) is 4.57. The molecule has 0 radical (unpaired) electrons. The van der Waals surface area contributed by atoms with E-state index in [2.05, 4.69) is 15.3 Å². The van der Waals surface area contributed by atoms with Gasteiger partial charge < -0.3 is 10.3 Å². The predicted molar refractivity (Wildman–Crippen MR) is 109 cm³/mol. The Balaban J connectivity index is 1.63. The minimum Gasteiger partial charge on any atom is -0.347 e. The number of rotatable bonds is 4. The number of H-pyrrole nitrogens is 1. The number of aromatic amines is 1. The summed E-state index contributed by atoms with van der Waals surface area (Å²) in [6.45, 7) is 1.83. The summed E-state index contributed by atoms with van der Waals surface area (Å²) < 4.78 is 38.5. The van der Waals surface area contributed by atoms with Gasteiger partial charge in [0.05, 0.1) is 11.6 Å². The molecule has 1 amide bonds. The van der Waals surface area contributed by atoms with Crippen LogP contribution >= 0.6 is 0 Å². The number of amides is 1. The topological polar surface area (TPSA) is 57.8 Å². The van der Waals surface area contributed by atoms with Gasteiger partial charge in [-0.1, -0.05) is 36.4 Å². The minimum atomic E-state index is -4.37. The second-order valence-electron chi connectivity index (χ2n) is 6.99. The summed E-state index contributed by atoms with van der Waals surface area (Å²) in [4.78, 5) is 19.7. The lowest BCUT2D eigenvalue weighted by Crippen LogP contribution is -2.27. The first kappa shape index (κ1) is 19.7. The molecule has 0 unspecified atom stereocenters. The molecule has 4 rings (SSSR count). The largest absolute Gasteiger partial charge is 0.416 e. The SMILES string of the molecule is C[C@@H](NC(=O)c1ccc2c(-c3ccc(C(F)(F)F)cc3)cccc2c1)c1ncc[nH]1. The molecule has 3 aromatic carbocycles. The van der Waals surface area contributed by atoms with Gasteiger partial charge in [0.1, 0.15) is 5.82 Å². The lowest BCUT2D eigenvalue weighted by atomic mass is 9.96. The third-order valence-corrected chi connectivity index (χ3v) is 4.94. The smallest absolute Gasteiger partial charge is 0.347 e. The Bertz CT molecular complexity index is 1180. The molecule has 1 heterocycles. The Labute approximate surface area is 170 Å². The first-order valence-corrected chi connectivity index (χ1v) is 9.33. The lowest BCUT2D eigenvalue weighted by molar-refractivity contribution is -0.137. The van der Waals surface area contributed by atoms with E-state index in [1.54, 1.807) is 24.5 Å². The molecule has 7 heteroatoms. The van der Waals surface area contributed by atoms with Crippen molar-refractivity contribution in [1.29, 1.82) is 0 Å². The number of hydrogen-bond acceptors (Lipinski definition) is 2. The Morgan fingerprint density at radius 2 is 1.83 bits per heavy atom. The van der Waals surface area contributed by atoms with E-state index in [1.165, 1.54) is 12.1 Å². The van der Waals surface area contributed by atoms with E-state index in [0.29, 0.717) is 17.0 Å². The third-order valence-electron chi connectivity index (χ3n) is 4.94. The molecule has 0 aliphatic heterocycles. The van der Waals surface area contributed by atoms with Crippen molar-refractivity contribution in [1.82, 2.24) is 15.3 Å². The van der Waals surface area contributed by atoms with Gasteiger partial charge in [0.25, 0.3) is 5.91 Å². The van der Waals surface area contributed by atoms with Crippen LogP contribution in [0.15, 0.2) is 73.1 Å². The van der Waals surface area contributed by atoms with Crippen LogP contribution < -0.4 is 5.32 Å². The fourth-order valence-corrected chi connectivity index (χ4v) is 3.38. The van der Waals surface area contributed by atoms with Gasteiger partial charge in [-0.05, 0) is 53.1 Å². The Morgan fingerprint density at radius 3 is 2.50 bits per heavy atom. The quantitative estimate of drug-likeness (QED) is 0.452. The Morgan fingerprint density at radius 1 is 1.07 bits per heavy atom. The van der Waals surface area contributed by atoms with Crippen molar-refractivity contribution in [2.75, 3.05) is 0 Å². The number of carbonyl (C=O) groups is 1. The second-order valence-corrected chi connectivity index (χ2v) is 6.99. The van der Waals surface area contributed by atoms with Crippen LogP contribution in [0.25, 0.3) is 21.9 Å². The molecular weight excluding hydrogens is 391 g/mol. The van der Waals surface area contributed by atoms with Crippen LogP contribution in [0, 0.1) is 0 Å². The van der Waals surface area contributed by atoms with Crippen LogP contribution in [0.1, 0.15) is 34.7 Å². The standard InChI is InChI=1S/C23H18F3N3O/c1-14(21-27-11-12-28-21)29-22(30)17-7-10-20-16(13-17)3-2-4-19(20)15-5-8-18(9-6-15)23(24,25)26/h2-14H,1H3,(H,27,28)(H,29,30)/t14-/m1/s1. The maximum atomic E-state index is 12.8. The van der Waals surface area contributed by atoms with Crippen LogP contribution in [-0.2, 0) is 6.18 Å². The molecule has 152 valence electrons. The summed E-state index contributed by atoms with van der Waals surface area (Å²) in [5.74, 6) is 0.425. The number of nitrogens with one attached hydrogen (secondary N) is 2. The van der Waals surface area contributed by atoms with Crippen molar-refractivity contribution < 1.29 is 18.0 Å². The van der Waals surface area contributed by atoms with E-state index in [0.717, 1.165) is 28.5 Å². The third kappa shape index (κ3) is 3.91. The maximum Gasteiger partial charge on any atom is 0.416 e. The van der Waals surface area contributed by atoms with E-state index in [4.69, 9.17) is 0 Å². The first-order valence-electron chi connectivity index (χ1n) is 9.33. The van der Waals surface area contributed by atoms with Crippen LogP contribution in [-0.4, -0.2) is 15.9 Å². The molecule has 0 bridgehead atoms. The summed E-state index contributed by atoms with van der Waals surface area (Å²) in [5.41, 5.74) is 1.29. The minimum absolute atomic E-state index is 0.235. The van der Waals surface area contributed by atoms with Gasteiger partial charge in [0.15, 0.2) is 0 Å². The van der Waals surface area contributed by atoms with E-state index in [-0.39, 0.29) is 11.9 Å². The highest BCUT2D eigenvalue weighted by Gasteiger charge is 2.30. The van der Waals surface area contributed by atoms with Crippen molar-refractivity contribution in [3.8, 4) is 11.1 Å². The average molecular weight is 409 g/mol. The predicted octanol–water partition coefficient (Wildman–Crippen LogP) is 5.74. The summed E-state index contributed by atoms with van der Waals surface area (Å²) in [7, 11) is 0. The van der Waals surface area contributed by atoms with Crippen LogP contribution in [0.2, 0.25) is 0 Å². The zero-order valence-electron chi connectivity index (χ0n) is 16.0. The van der Waals surface area contributed by atoms with Crippen LogP contribution in [0.3, 0.4) is 0 Å². The van der Waals surface area contributed by atoms with Crippen molar-refractivity contribution in [2.24, 2.45) is 0 Å². The molecule has 0 saturated carbocycles. The van der Waals surface area contributed by atoms with E-state index >= 15 is 0 Å². The number of benzene rings is 3. The zero-order chi connectivity index (χ0) is 21.3. The zero-order valence-corrected chi connectivity index (χ0v) is 16.0. The fourth-order valence-electron chi connectivity index (χ4n) is 3.38. The fraction of sp³-hybridized carbons (Fsp3) is 0.130. The lowest BCUT2D eigenvalue weighted by Gasteiger charge is -2.13. The molecule has 1 aromatic heterocycles. The molecule has 0 saturated heterocycles. The molecule has 0 aliphatic carbocycles. The van der Waals surface area contributed by atoms with Crippen molar-refractivity contribution >= 4 is 16.7 Å². The molecule has 0 fully saturated rings. The number of alkyl halides is 3. The molecule has 4 nitrogen and oxygen atoms in total. The average Bonchev–Trinajstić information content (AvgIpc) is 3.27. The van der Waals surface area contributed by atoms with E-state index < -0.39 is 11.7 Å². The van der Waals surface area contributed by atoms with Crippen LogP contribution in [0.5, 0.6) is 0 Å². The Kier molecular flexibility index (Phi) is 5.03. The number of imidazole rings is 1. The second kappa shape index (κ2) is 7.67. The van der Waals surface area contributed by atoms with Crippen LogP contribution in [0.4, 0.5) is 13.2 Å². The Hall–Kier alpha value is -3.61. The summed E-state index contributed by atoms with van der Waals surface area (Å²) in [6.07, 6.45) is -1.06. The number of fused-ring (bicyclic) bond motifs is 1. The highest BCUT2D eigenvalue weighted by molar-refractivity contribution is 6.02. The first-order chi connectivity index (χ1) is 14.3. The maximum absolute atomic E-state index is 12.8. The number of aromatic nitrogens is 2. The van der Waals surface area contributed by atoms with Gasteiger partial charge in [-0.15, -0.1) is 0 Å². The highest BCUT2D eigenvalue weighted by atomic mass is 19.4. The van der Waals surface area contributed by atoms with Crippen molar-refractivity contribution in [3.63, 3.8) is 0 Å². The monoisotopic (exact) mass is 409 g/mol. The molecular formula is C23H18F3N3O. The number of hydrogen-bond donors (Lipinski definition) is 2. The molecule has 1 atom stereocenters. The van der Waals surface area contributed by atoms with E-state index in [1.807, 2.05) is 31.2 Å². The summed E-state index contributed by atoms with van der Waals surface area (Å²) in [6, 6.07) is 15.6. The van der Waals surface area contributed by atoms with Crippen molar-refractivity contribution in [3.05, 3.63) is 90.0 Å². The number of halogens is 3. The van der Waals surface area contributed by atoms with Gasteiger partial charge in [-0.2, -0.15) is 13.2 Å². The molecule has 30 heavy (non-hydrogen) atoms. The number of carbonyl (C=O) groups excluding carboxylic acids is 1. The van der Waals surface area contributed by atoms with Gasteiger partial charge in [-0.3, -0.25) is 4.79 Å². The van der Waals surface area contributed by atoms with Crippen molar-refractivity contribution in [2.45, 2.75) is 19.1 Å². The van der Waals surface area contributed by atoms with Gasteiger partial charge in [-0.25, -0.2) is 4.98 Å². The van der Waals surface area contributed by atoms with Gasteiger partial charge in [0, 0.05) is 18.0 Å².